The second kappa shape index (κ2) is 6.29. The predicted molar refractivity (Wildman–Crippen MR) is 98.5 cm³/mol. The van der Waals surface area contributed by atoms with Crippen molar-refractivity contribution in [2.45, 2.75) is 19.9 Å². The normalized spacial score (nSPS) is 17.7. The van der Waals surface area contributed by atoms with Gasteiger partial charge in [-0.25, -0.2) is 4.68 Å². The number of anilines is 1. The fraction of sp³-hybridized carbons (Fsp3) is 0.333. The highest BCUT2D eigenvalue weighted by Crippen LogP contribution is 2.21. The molecule has 3 aromatic rings. The van der Waals surface area contributed by atoms with E-state index in [1.807, 2.05) is 49.1 Å². The molecule has 1 aliphatic rings. The number of amides is 1. The Morgan fingerprint density at radius 2 is 1.96 bits per heavy atom. The molecule has 0 bridgehead atoms. The van der Waals surface area contributed by atoms with Crippen molar-refractivity contribution < 1.29 is 4.79 Å². The molecule has 1 atom stereocenters. The first-order chi connectivity index (χ1) is 12.6. The van der Waals surface area contributed by atoms with E-state index in [1.165, 1.54) is 6.20 Å². The summed E-state index contributed by atoms with van der Waals surface area (Å²) in [7, 11) is 0. The first-order valence-corrected chi connectivity index (χ1v) is 8.64. The first-order valence-electron chi connectivity index (χ1n) is 8.64. The van der Waals surface area contributed by atoms with Gasteiger partial charge in [0.25, 0.3) is 5.56 Å². The van der Waals surface area contributed by atoms with Gasteiger partial charge in [-0.3, -0.25) is 14.6 Å². The van der Waals surface area contributed by atoms with Gasteiger partial charge in [0.2, 0.25) is 11.9 Å². The van der Waals surface area contributed by atoms with Crippen LogP contribution in [-0.4, -0.2) is 44.8 Å². The lowest BCUT2D eigenvalue weighted by Crippen LogP contribution is -2.58. The smallest absolute Gasteiger partial charge is 0.263 e. The molecule has 2 aromatic heterocycles. The van der Waals surface area contributed by atoms with Crippen LogP contribution in [0.25, 0.3) is 16.7 Å². The molecule has 0 radical (unpaired) electrons. The maximum atomic E-state index is 12.6. The zero-order valence-corrected chi connectivity index (χ0v) is 14.6. The summed E-state index contributed by atoms with van der Waals surface area (Å²) in [5.74, 6) is 0.426. The van der Waals surface area contributed by atoms with Crippen molar-refractivity contribution in [1.29, 1.82) is 0 Å². The molecule has 1 saturated heterocycles. The lowest BCUT2D eigenvalue weighted by Gasteiger charge is -2.37. The largest absolute Gasteiger partial charge is 0.353 e. The van der Waals surface area contributed by atoms with Gasteiger partial charge in [0.05, 0.1) is 11.9 Å². The maximum Gasteiger partial charge on any atom is 0.263 e. The number of nitrogens with zero attached hydrogens (tertiary/aromatic N) is 4. The average Bonchev–Trinajstić information content (AvgIpc) is 3.06. The minimum Gasteiger partial charge on any atom is -0.353 e. The van der Waals surface area contributed by atoms with E-state index in [1.54, 1.807) is 4.68 Å². The Kier molecular flexibility index (Phi) is 3.95. The van der Waals surface area contributed by atoms with E-state index in [4.69, 9.17) is 0 Å². The van der Waals surface area contributed by atoms with Crippen molar-refractivity contribution in [2.75, 3.05) is 18.0 Å². The first kappa shape index (κ1) is 16.3. The molecular weight excluding hydrogens is 332 g/mol. The topological polar surface area (TPSA) is 95.9 Å². The van der Waals surface area contributed by atoms with Gasteiger partial charge in [-0.2, -0.15) is 10.1 Å². The van der Waals surface area contributed by atoms with E-state index >= 15 is 0 Å². The predicted octanol–water partition coefficient (Wildman–Crippen LogP) is 1.07. The standard InChI is InChI=1S/C18H20N6O2/c1-11(2)14-17(26)19-8-9-23(14)18-21-15-13(16(25)22-18)10-20-24(15)12-6-4-3-5-7-12/h3-7,10-11,14H,8-9H2,1-2H3,(H,19,26)(H,21,22,25)/t14-/m0/s1. The van der Waals surface area contributed by atoms with Gasteiger partial charge in [0.15, 0.2) is 5.65 Å². The minimum absolute atomic E-state index is 0.0504. The van der Waals surface area contributed by atoms with Crippen molar-refractivity contribution in [3.63, 3.8) is 0 Å². The lowest BCUT2D eigenvalue weighted by atomic mass is 10.00. The Labute approximate surface area is 149 Å². The molecule has 8 nitrogen and oxygen atoms in total. The van der Waals surface area contributed by atoms with Crippen LogP contribution < -0.4 is 15.8 Å². The van der Waals surface area contributed by atoms with Crippen LogP contribution >= 0.6 is 0 Å². The number of H-pyrrole nitrogens is 1. The second-order valence-corrected chi connectivity index (χ2v) is 6.69. The molecular formula is C18H20N6O2. The number of piperazine rings is 1. The fourth-order valence-corrected chi connectivity index (χ4v) is 3.39. The zero-order chi connectivity index (χ0) is 18.3. The van der Waals surface area contributed by atoms with Crippen molar-refractivity contribution in [1.82, 2.24) is 25.1 Å². The van der Waals surface area contributed by atoms with E-state index in [-0.39, 0.29) is 23.4 Å². The van der Waals surface area contributed by atoms with Gasteiger partial charge >= 0.3 is 0 Å². The van der Waals surface area contributed by atoms with Crippen LogP contribution in [0.3, 0.4) is 0 Å². The Bertz CT molecular complexity index is 1010. The van der Waals surface area contributed by atoms with Crippen molar-refractivity contribution in [3.8, 4) is 5.69 Å². The summed E-state index contributed by atoms with van der Waals surface area (Å²) >= 11 is 0. The third kappa shape index (κ3) is 2.63. The third-order valence-corrected chi connectivity index (χ3v) is 4.59. The summed E-state index contributed by atoms with van der Waals surface area (Å²) < 4.78 is 1.64. The SMILES string of the molecule is CC(C)[C@H]1C(=O)NCCN1c1nc2c(cnn2-c2ccccc2)c(=O)[nH]1. The van der Waals surface area contributed by atoms with E-state index in [0.717, 1.165) is 5.69 Å². The number of fused-ring (bicyclic) bond motifs is 1. The minimum atomic E-state index is -0.377. The van der Waals surface area contributed by atoms with Crippen LogP contribution in [0.2, 0.25) is 0 Å². The molecule has 1 amide bonds. The van der Waals surface area contributed by atoms with Crippen molar-refractivity contribution in [3.05, 3.63) is 46.9 Å². The summed E-state index contributed by atoms with van der Waals surface area (Å²) in [5, 5.41) is 7.61. The van der Waals surface area contributed by atoms with Gasteiger partial charge in [0, 0.05) is 13.1 Å². The van der Waals surface area contributed by atoms with E-state index in [9.17, 15) is 9.59 Å². The third-order valence-electron chi connectivity index (χ3n) is 4.59. The molecule has 134 valence electrons. The molecule has 3 heterocycles. The number of para-hydroxylation sites is 1. The van der Waals surface area contributed by atoms with Gasteiger partial charge in [-0.05, 0) is 18.1 Å². The number of aromatic amines is 1. The molecule has 26 heavy (non-hydrogen) atoms. The van der Waals surface area contributed by atoms with Crippen molar-refractivity contribution in [2.24, 2.45) is 5.92 Å². The zero-order valence-electron chi connectivity index (χ0n) is 14.6. The number of rotatable bonds is 3. The molecule has 2 N–H and O–H groups in total. The van der Waals surface area contributed by atoms with Gasteiger partial charge in [-0.15, -0.1) is 0 Å². The molecule has 0 aliphatic carbocycles. The summed E-state index contributed by atoms with van der Waals surface area (Å²) in [5.41, 5.74) is 1.03. The molecule has 1 aromatic carbocycles. The Morgan fingerprint density at radius 1 is 1.19 bits per heavy atom. The summed E-state index contributed by atoms with van der Waals surface area (Å²) in [6.45, 7) is 5.06. The summed E-state index contributed by atoms with van der Waals surface area (Å²) in [6, 6.07) is 9.15. The molecule has 0 spiro atoms. The highest BCUT2D eigenvalue weighted by atomic mass is 16.2. The quantitative estimate of drug-likeness (QED) is 0.735. The molecule has 0 unspecified atom stereocenters. The molecule has 8 heteroatoms. The Morgan fingerprint density at radius 3 is 2.69 bits per heavy atom. The van der Waals surface area contributed by atoms with Gasteiger partial charge in [-0.1, -0.05) is 32.0 Å². The van der Waals surface area contributed by atoms with Crippen LogP contribution in [-0.2, 0) is 4.79 Å². The number of nitrogens with one attached hydrogen (secondary N) is 2. The highest BCUT2D eigenvalue weighted by molar-refractivity contribution is 5.86. The molecule has 4 rings (SSSR count). The summed E-state index contributed by atoms with van der Waals surface area (Å²) in [6.07, 6.45) is 1.51. The Hall–Kier alpha value is -3.16. The van der Waals surface area contributed by atoms with Crippen LogP contribution in [0.5, 0.6) is 0 Å². The van der Waals surface area contributed by atoms with Crippen LogP contribution in [0.1, 0.15) is 13.8 Å². The van der Waals surface area contributed by atoms with E-state index < -0.39 is 0 Å². The highest BCUT2D eigenvalue weighted by Gasteiger charge is 2.34. The van der Waals surface area contributed by atoms with Crippen LogP contribution in [0.15, 0.2) is 41.3 Å². The van der Waals surface area contributed by atoms with Crippen LogP contribution in [0.4, 0.5) is 5.95 Å². The maximum absolute atomic E-state index is 12.6. The van der Waals surface area contributed by atoms with Gasteiger partial charge < -0.3 is 10.2 Å². The van der Waals surface area contributed by atoms with Gasteiger partial charge in [0.1, 0.15) is 11.4 Å². The number of carbonyl (C=O) groups excluding carboxylic acids is 1. The number of hydrogen-bond donors (Lipinski definition) is 2. The van der Waals surface area contributed by atoms with E-state index in [0.29, 0.717) is 30.1 Å². The lowest BCUT2D eigenvalue weighted by molar-refractivity contribution is -0.124. The van der Waals surface area contributed by atoms with E-state index in [2.05, 4.69) is 20.4 Å². The summed E-state index contributed by atoms with van der Waals surface area (Å²) in [4.78, 5) is 34.2. The number of hydrogen-bond acceptors (Lipinski definition) is 5. The number of carbonyl (C=O) groups is 1. The second-order valence-electron chi connectivity index (χ2n) is 6.69. The molecule has 0 saturated carbocycles. The molecule has 1 fully saturated rings. The fourth-order valence-electron chi connectivity index (χ4n) is 3.39. The Balaban J connectivity index is 1.86. The monoisotopic (exact) mass is 352 g/mol. The van der Waals surface area contributed by atoms with Crippen molar-refractivity contribution >= 4 is 22.9 Å². The number of benzene rings is 1. The van der Waals surface area contributed by atoms with Crippen LogP contribution in [0, 0.1) is 5.92 Å². The number of aromatic nitrogens is 4. The molecule has 1 aliphatic heterocycles. The average molecular weight is 352 g/mol.